The summed E-state index contributed by atoms with van der Waals surface area (Å²) in [4.78, 5) is 21.5. The predicted molar refractivity (Wildman–Crippen MR) is 127 cm³/mol. The van der Waals surface area contributed by atoms with Crippen LogP contribution in [0.2, 0.25) is 0 Å². The summed E-state index contributed by atoms with van der Waals surface area (Å²) >= 11 is 3.04. The molecule has 7 nitrogen and oxygen atoms in total. The summed E-state index contributed by atoms with van der Waals surface area (Å²) in [5.74, 6) is 1.43. The number of ether oxygens (including phenoxy) is 4. The van der Waals surface area contributed by atoms with Crippen molar-refractivity contribution in [2.24, 2.45) is 0 Å². The Bertz CT molecular complexity index is 1250. The van der Waals surface area contributed by atoms with E-state index in [-0.39, 0.29) is 6.61 Å². The Kier molecular flexibility index (Phi) is 7.21. The molecule has 0 fully saturated rings. The zero-order chi connectivity index (χ0) is 23.2. The molecule has 2 aromatic carbocycles. The van der Waals surface area contributed by atoms with Crippen LogP contribution in [0.25, 0.3) is 10.6 Å². The number of carbonyl (C=O) groups is 1. The minimum Gasteiger partial charge on any atom is -0.493 e. The van der Waals surface area contributed by atoms with Crippen LogP contribution in [0.5, 0.6) is 17.2 Å². The van der Waals surface area contributed by atoms with Gasteiger partial charge in [-0.25, -0.2) is 14.8 Å². The van der Waals surface area contributed by atoms with Gasteiger partial charge < -0.3 is 18.9 Å². The van der Waals surface area contributed by atoms with Crippen LogP contribution < -0.4 is 14.2 Å². The molecule has 0 saturated carbocycles. The SMILES string of the molecule is COc1ccc(-c2nc(COC(=O)c3cccc(OCc4csc(C)n4)c3)cs2)cc1OC. The maximum absolute atomic E-state index is 12.5. The van der Waals surface area contributed by atoms with Crippen LogP contribution in [0.1, 0.15) is 26.8 Å². The highest BCUT2D eigenvalue weighted by atomic mass is 32.1. The van der Waals surface area contributed by atoms with E-state index < -0.39 is 5.97 Å². The van der Waals surface area contributed by atoms with Crippen molar-refractivity contribution in [1.82, 2.24) is 9.97 Å². The summed E-state index contributed by atoms with van der Waals surface area (Å²) < 4.78 is 21.8. The van der Waals surface area contributed by atoms with E-state index in [1.54, 1.807) is 49.8 Å². The van der Waals surface area contributed by atoms with Gasteiger partial charge in [0, 0.05) is 16.3 Å². The topological polar surface area (TPSA) is 79.8 Å². The summed E-state index contributed by atoms with van der Waals surface area (Å²) in [6.07, 6.45) is 0. The molecule has 0 aliphatic heterocycles. The molecule has 0 N–H and O–H groups in total. The zero-order valence-electron chi connectivity index (χ0n) is 18.4. The molecule has 170 valence electrons. The molecule has 4 aromatic rings. The van der Waals surface area contributed by atoms with Gasteiger partial charge in [0.25, 0.3) is 0 Å². The first-order valence-electron chi connectivity index (χ1n) is 10.0. The number of carbonyl (C=O) groups excluding carboxylic acids is 1. The molecule has 0 atom stereocenters. The Labute approximate surface area is 199 Å². The highest BCUT2D eigenvalue weighted by Crippen LogP contribution is 2.33. The first-order valence-corrected chi connectivity index (χ1v) is 11.8. The fourth-order valence-electron chi connectivity index (χ4n) is 3.04. The molecule has 0 radical (unpaired) electrons. The summed E-state index contributed by atoms with van der Waals surface area (Å²) in [5.41, 5.74) is 2.84. The number of aromatic nitrogens is 2. The number of methoxy groups -OCH3 is 2. The molecule has 33 heavy (non-hydrogen) atoms. The van der Waals surface area contributed by atoms with Crippen molar-refractivity contribution in [3.8, 4) is 27.8 Å². The van der Waals surface area contributed by atoms with Crippen LogP contribution >= 0.6 is 22.7 Å². The monoisotopic (exact) mass is 482 g/mol. The number of benzene rings is 2. The smallest absolute Gasteiger partial charge is 0.338 e. The molecule has 0 amide bonds. The van der Waals surface area contributed by atoms with Crippen molar-refractivity contribution in [1.29, 1.82) is 0 Å². The number of nitrogens with zero attached hydrogens (tertiary/aromatic N) is 2. The van der Waals surface area contributed by atoms with Gasteiger partial charge in [0.05, 0.1) is 36.2 Å². The predicted octanol–water partition coefficient (Wildman–Crippen LogP) is 5.53. The molecule has 0 spiro atoms. The van der Waals surface area contributed by atoms with Crippen molar-refractivity contribution >= 4 is 28.6 Å². The maximum Gasteiger partial charge on any atom is 0.338 e. The van der Waals surface area contributed by atoms with Gasteiger partial charge in [0.15, 0.2) is 11.5 Å². The second-order valence-electron chi connectivity index (χ2n) is 6.96. The number of esters is 1. The molecule has 4 rings (SSSR count). The van der Waals surface area contributed by atoms with Gasteiger partial charge in [-0.15, -0.1) is 22.7 Å². The first kappa shape index (κ1) is 22.8. The van der Waals surface area contributed by atoms with Gasteiger partial charge in [-0.3, -0.25) is 0 Å². The number of hydrogen-bond donors (Lipinski definition) is 0. The van der Waals surface area contributed by atoms with E-state index in [0.717, 1.165) is 21.3 Å². The molecular weight excluding hydrogens is 460 g/mol. The summed E-state index contributed by atoms with van der Waals surface area (Å²) in [6, 6.07) is 12.5. The van der Waals surface area contributed by atoms with E-state index >= 15 is 0 Å². The lowest BCUT2D eigenvalue weighted by Gasteiger charge is -2.08. The molecule has 0 aliphatic rings. The number of aryl methyl sites for hydroxylation is 1. The van der Waals surface area contributed by atoms with Gasteiger partial charge in [-0.05, 0) is 43.3 Å². The molecule has 0 aliphatic carbocycles. The second-order valence-corrected chi connectivity index (χ2v) is 8.88. The quantitative estimate of drug-likeness (QED) is 0.290. The van der Waals surface area contributed by atoms with Gasteiger partial charge >= 0.3 is 5.97 Å². The van der Waals surface area contributed by atoms with Crippen LogP contribution in [0.4, 0.5) is 0 Å². The first-order chi connectivity index (χ1) is 16.1. The fraction of sp³-hybridized carbons (Fsp3) is 0.208. The Balaban J connectivity index is 1.36. The minimum absolute atomic E-state index is 0.0752. The Morgan fingerprint density at radius 3 is 2.45 bits per heavy atom. The van der Waals surface area contributed by atoms with Crippen LogP contribution in [-0.2, 0) is 18.0 Å². The van der Waals surface area contributed by atoms with Crippen molar-refractivity contribution in [3.05, 3.63) is 75.2 Å². The van der Waals surface area contributed by atoms with Crippen molar-refractivity contribution < 1.29 is 23.7 Å². The second kappa shape index (κ2) is 10.5. The zero-order valence-corrected chi connectivity index (χ0v) is 20.0. The van der Waals surface area contributed by atoms with E-state index in [1.165, 1.54) is 11.3 Å². The fourth-order valence-corrected chi connectivity index (χ4v) is 4.44. The number of thiazole rings is 2. The van der Waals surface area contributed by atoms with E-state index in [1.807, 2.05) is 35.9 Å². The van der Waals surface area contributed by atoms with Crippen molar-refractivity contribution in [2.45, 2.75) is 20.1 Å². The molecule has 2 heterocycles. The standard InChI is InChI=1S/C24H22N2O5S2/c1-15-25-18(13-32-15)11-30-20-6-4-5-17(9-20)24(27)31-12-19-14-33-23(26-19)16-7-8-21(28-2)22(10-16)29-3/h4-10,13-14H,11-12H2,1-3H3. The van der Waals surface area contributed by atoms with E-state index in [2.05, 4.69) is 9.97 Å². The molecular formula is C24H22N2O5S2. The molecule has 9 heteroatoms. The normalized spacial score (nSPS) is 10.6. The third-order valence-corrected chi connectivity index (χ3v) is 6.42. The Morgan fingerprint density at radius 2 is 1.70 bits per heavy atom. The van der Waals surface area contributed by atoms with Crippen LogP contribution in [0.15, 0.2) is 53.2 Å². The lowest BCUT2D eigenvalue weighted by Crippen LogP contribution is -2.06. The van der Waals surface area contributed by atoms with Gasteiger partial charge in [0.2, 0.25) is 0 Å². The summed E-state index contributed by atoms with van der Waals surface area (Å²) in [7, 11) is 3.19. The largest absolute Gasteiger partial charge is 0.493 e. The highest BCUT2D eigenvalue weighted by Gasteiger charge is 2.13. The Hall–Kier alpha value is -3.43. The highest BCUT2D eigenvalue weighted by molar-refractivity contribution is 7.13. The molecule has 0 bridgehead atoms. The van der Waals surface area contributed by atoms with Gasteiger partial charge in [-0.1, -0.05) is 6.07 Å². The lowest BCUT2D eigenvalue weighted by atomic mass is 10.2. The molecule has 0 saturated heterocycles. The molecule has 2 aromatic heterocycles. The van der Waals surface area contributed by atoms with E-state index in [0.29, 0.717) is 35.1 Å². The minimum atomic E-state index is -0.439. The summed E-state index contributed by atoms with van der Waals surface area (Å²) in [6.45, 7) is 2.37. The van der Waals surface area contributed by atoms with Gasteiger partial charge in [-0.2, -0.15) is 0 Å². The van der Waals surface area contributed by atoms with Crippen molar-refractivity contribution in [2.75, 3.05) is 14.2 Å². The van der Waals surface area contributed by atoms with E-state index in [4.69, 9.17) is 18.9 Å². The average Bonchev–Trinajstić information content (AvgIpc) is 3.50. The van der Waals surface area contributed by atoms with Crippen LogP contribution in [-0.4, -0.2) is 30.2 Å². The number of rotatable bonds is 9. The number of hydrogen-bond acceptors (Lipinski definition) is 9. The third kappa shape index (κ3) is 5.68. The van der Waals surface area contributed by atoms with Crippen molar-refractivity contribution in [3.63, 3.8) is 0 Å². The van der Waals surface area contributed by atoms with Gasteiger partial charge in [0.1, 0.15) is 24.0 Å². The third-order valence-electron chi connectivity index (χ3n) is 4.66. The average molecular weight is 483 g/mol. The van der Waals surface area contributed by atoms with E-state index in [9.17, 15) is 4.79 Å². The Morgan fingerprint density at radius 1 is 0.909 bits per heavy atom. The molecule has 0 unspecified atom stereocenters. The van der Waals surface area contributed by atoms with Crippen LogP contribution in [0.3, 0.4) is 0 Å². The lowest BCUT2D eigenvalue weighted by molar-refractivity contribution is 0.0468. The maximum atomic E-state index is 12.5. The summed E-state index contributed by atoms with van der Waals surface area (Å²) in [5, 5.41) is 5.61. The van der Waals surface area contributed by atoms with Crippen LogP contribution in [0, 0.1) is 6.92 Å².